The quantitative estimate of drug-likeness (QED) is 0.390. The van der Waals surface area contributed by atoms with Crippen LogP contribution >= 0.6 is 23.2 Å². The molecule has 9 heteroatoms. The van der Waals surface area contributed by atoms with Crippen LogP contribution in [0.15, 0.2) is 48.3 Å². The van der Waals surface area contributed by atoms with Gasteiger partial charge in [-0.3, -0.25) is 19.9 Å². The van der Waals surface area contributed by atoms with Gasteiger partial charge in [0, 0.05) is 22.2 Å². The van der Waals surface area contributed by atoms with Crippen molar-refractivity contribution in [1.82, 2.24) is 20.6 Å². The largest absolute Gasteiger partial charge is 0.326 e. The summed E-state index contributed by atoms with van der Waals surface area (Å²) in [6.07, 6.45) is 2.87. The number of carbonyl (C=O) groups is 3. The molecule has 28 heavy (non-hydrogen) atoms. The van der Waals surface area contributed by atoms with Crippen LogP contribution in [0.1, 0.15) is 21.7 Å². The molecule has 1 aliphatic rings. The molecule has 0 saturated carbocycles. The third-order valence-electron chi connectivity index (χ3n) is 4.01. The van der Waals surface area contributed by atoms with Crippen molar-refractivity contribution >= 4 is 57.9 Å². The average molecular weight is 413 g/mol. The smallest absolute Gasteiger partial charge is 0.303 e. The second-order valence-electron chi connectivity index (χ2n) is 5.89. The predicted molar refractivity (Wildman–Crippen MR) is 104 cm³/mol. The fraction of sp³-hybridized carbons (Fsp3) is 0. The molecule has 1 aromatic carbocycles. The minimum Gasteiger partial charge on any atom is -0.303 e. The van der Waals surface area contributed by atoms with Gasteiger partial charge in [0.25, 0.3) is 5.91 Å². The summed E-state index contributed by atoms with van der Waals surface area (Å²) in [7, 11) is 0. The van der Waals surface area contributed by atoms with Crippen LogP contribution in [0.4, 0.5) is 4.79 Å². The molecule has 0 spiro atoms. The molecule has 1 fully saturated rings. The highest BCUT2D eigenvalue weighted by atomic mass is 35.5. The number of imide groups is 1. The summed E-state index contributed by atoms with van der Waals surface area (Å²) in [5.41, 5.74) is 1.12. The maximum absolute atomic E-state index is 13.0. The van der Waals surface area contributed by atoms with Crippen molar-refractivity contribution in [3.05, 3.63) is 75.3 Å². The van der Waals surface area contributed by atoms with E-state index in [9.17, 15) is 14.4 Å². The van der Waals surface area contributed by atoms with Crippen LogP contribution in [0.5, 0.6) is 0 Å². The molecule has 7 nitrogen and oxygen atoms in total. The van der Waals surface area contributed by atoms with E-state index in [1.54, 1.807) is 24.3 Å². The highest BCUT2D eigenvalue weighted by molar-refractivity contribution is 6.39. The van der Waals surface area contributed by atoms with E-state index in [2.05, 4.69) is 20.6 Å². The monoisotopic (exact) mass is 412 g/mol. The van der Waals surface area contributed by atoms with Crippen molar-refractivity contribution in [3.8, 4) is 0 Å². The fourth-order valence-electron chi connectivity index (χ4n) is 2.80. The van der Waals surface area contributed by atoms with E-state index in [1.165, 1.54) is 24.4 Å². The van der Waals surface area contributed by atoms with E-state index < -0.39 is 11.9 Å². The SMILES string of the molecule is O=C1NC(=O)/C(=C/c2cc(C(=O)c3ccccn3)c3cc(Cl)cc(Cl)c3n2)N1. The van der Waals surface area contributed by atoms with Gasteiger partial charge in [-0.05, 0) is 36.4 Å². The number of benzene rings is 1. The Labute approximate surface area is 168 Å². The third-order valence-corrected chi connectivity index (χ3v) is 4.51. The predicted octanol–water partition coefficient (Wildman–Crippen LogP) is 3.35. The second-order valence-corrected chi connectivity index (χ2v) is 6.73. The second kappa shape index (κ2) is 7.03. The van der Waals surface area contributed by atoms with Crippen molar-refractivity contribution in [2.24, 2.45) is 0 Å². The van der Waals surface area contributed by atoms with Gasteiger partial charge >= 0.3 is 6.03 Å². The summed E-state index contributed by atoms with van der Waals surface area (Å²) in [5, 5.41) is 5.53. The molecular formula is C19H10Cl2N4O3. The Morgan fingerprint density at radius 3 is 2.57 bits per heavy atom. The summed E-state index contributed by atoms with van der Waals surface area (Å²) in [5.74, 6) is -0.947. The van der Waals surface area contributed by atoms with Gasteiger partial charge in [-0.15, -0.1) is 0 Å². The van der Waals surface area contributed by atoms with E-state index in [0.717, 1.165) is 0 Å². The number of fused-ring (bicyclic) bond motifs is 1. The number of aromatic nitrogens is 2. The van der Waals surface area contributed by atoms with E-state index >= 15 is 0 Å². The molecule has 0 atom stereocenters. The molecule has 0 aliphatic carbocycles. The summed E-state index contributed by atoms with van der Waals surface area (Å²) in [4.78, 5) is 44.6. The first kappa shape index (κ1) is 18.1. The number of carbonyl (C=O) groups excluding carboxylic acids is 3. The Balaban J connectivity index is 1.94. The zero-order valence-electron chi connectivity index (χ0n) is 14.0. The number of urea groups is 1. The molecule has 0 radical (unpaired) electrons. The number of ketones is 1. The molecule has 0 unspecified atom stereocenters. The molecule has 138 valence electrons. The highest BCUT2D eigenvalue weighted by Gasteiger charge is 2.24. The van der Waals surface area contributed by atoms with Crippen molar-refractivity contribution in [3.63, 3.8) is 0 Å². The van der Waals surface area contributed by atoms with E-state index in [-0.39, 0.29) is 33.5 Å². The van der Waals surface area contributed by atoms with Crippen molar-refractivity contribution < 1.29 is 14.4 Å². The minimum absolute atomic E-state index is 0.0122. The van der Waals surface area contributed by atoms with Gasteiger partial charge in [0.1, 0.15) is 11.4 Å². The normalized spacial score (nSPS) is 15.0. The van der Waals surface area contributed by atoms with Gasteiger partial charge in [0.05, 0.1) is 16.2 Å². The lowest BCUT2D eigenvalue weighted by atomic mass is 10.0. The first-order valence-electron chi connectivity index (χ1n) is 8.02. The van der Waals surface area contributed by atoms with E-state index in [4.69, 9.17) is 23.2 Å². The molecule has 3 amide bonds. The number of nitrogens with one attached hydrogen (secondary N) is 2. The van der Waals surface area contributed by atoms with Crippen LogP contribution in [-0.4, -0.2) is 27.7 Å². The van der Waals surface area contributed by atoms with Crippen LogP contribution < -0.4 is 10.6 Å². The molecule has 3 heterocycles. The van der Waals surface area contributed by atoms with Crippen molar-refractivity contribution in [2.75, 3.05) is 0 Å². The van der Waals surface area contributed by atoms with Gasteiger partial charge in [0.15, 0.2) is 0 Å². The number of hydrogen-bond donors (Lipinski definition) is 2. The number of halogens is 2. The Bertz CT molecular complexity index is 1190. The Morgan fingerprint density at radius 2 is 1.89 bits per heavy atom. The molecule has 0 bridgehead atoms. The molecule has 1 aliphatic heterocycles. The lowest BCUT2D eigenvalue weighted by Gasteiger charge is -2.09. The summed E-state index contributed by atoms with van der Waals surface area (Å²) in [6, 6.07) is 8.95. The molecular weight excluding hydrogens is 403 g/mol. The van der Waals surface area contributed by atoms with E-state index in [1.807, 2.05) is 0 Å². The van der Waals surface area contributed by atoms with Crippen LogP contribution in [-0.2, 0) is 4.79 Å². The van der Waals surface area contributed by atoms with Gasteiger partial charge in [-0.25, -0.2) is 9.78 Å². The topological polar surface area (TPSA) is 101 Å². The number of nitrogens with zero attached hydrogens (tertiary/aromatic N) is 2. The third kappa shape index (κ3) is 3.33. The Kier molecular flexibility index (Phi) is 4.54. The zero-order valence-corrected chi connectivity index (χ0v) is 15.5. The molecule has 3 aromatic rings. The molecule has 2 aromatic heterocycles. The van der Waals surface area contributed by atoms with Crippen LogP contribution in [0.2, 0.25) is 10.0 Å². The highest BCUT2D eigenvalue weighted by Crippen LogP contribution is 2.31. The number of pyridine rings is 2. The van der Waals surface area contributed by atoms with Crippen LogP contribution in [0.3, 0.4) is 0 Å². The lowest BCUT2D eigenvalue weighted by Crippen LogP contribution is -2.22. The summed E-state index contributed by atoms with van der Waals surface area (Å²) in [6.45, 7) is 0. The summed E-state index contributed by atoms with van der Waals surface area (Å²) < 4.78 is 0. The van der Waals surface area contributed by atoms with Crippen LogP contribution in [0, 0.1) is 0 Å². The lowest BCUT2D eigenvalue weighted by molar-refractivity contribution is -0.115. The standard InChI is InChI=1S/C19H10Cl2N4O3/c20-9-5-11-12(17(26)14-3-1-2-4-22-14)7-10(23-16(11)13(21)6-9)8-15-18(27)25-19(28)24-15/h1-8H,(H2,24,25,27,28)/b15-8-. The first-order chi connectivity index (χ1) is 13.4. The maximum Gasteiger partial charge on any atom is 0.326 e. The van der Waals surface area contributed by atoms with Gasteiger partial charge in [-0.1, -0.05) is 29.3 Å². The zero-order chi connectivity index (χ0) is 19.8. The Morgan fingerprint density at radius 1 is 1.07 bits per heavy atom. The van der Waals surface area contributed by atoms with Crippen molar-refractivity contribution in [2.45, 2.75) is 0 Å². The van der Waals surface area contributed by atoms with Crippen LogP contribution in [0.25, 0.3) is 17.0 Å². The van der Waals surface area contributed by atoms with E-state index in [0.29, 0.717) is 15.9 Å². The maximum atomic E-state index is 13.0. The molecule has 1 saturated heterocycles. The fourth-order valence-corrected chi connectivity index (χ4v) is 3.33. The molecule has 4 rings (SSSR count). The summed E-state index contributed by atoms with van der Waals surface area (Å²) >= 11 is 12.4. The molecule has 2 N–H and O–H groups in total. The van der Waals surface area contributed by atoms with Gasteiger partial charge in [0.2, 0.25) is 5.78 Å². The first-order valence-corrected chi connectivity index (χ1v) is 8.77. The van der Waals surface area contributed by atoms with Gasteiger partial charge in [-0.2, -0.15) is 0 Å². The minimum atomic E-state index is -0.633. The Hall–Kier alpha value is -3.29. The number of hydrogen-bond acceptors (Lipinski definition) is 5. The number of rotatable bonds is 3. The van der Waals surface area contributed by atoms with Gasteiger partial charge < -0.3 is 5.32 Å². The number of amides is 3. The average Bonchev–Trinajstić information content (AvgIpc) is 2.98. The van der Waals surface area contributed by atoms with Crippen molar-refractivity contribution in [1.29, 1.82) is 0 Å².